The van der Waals surface area contributed by atoms with E-state index in [0.717, 1.165) is 42.7 Å². The molecular weight excluding hydrogens is 520 g/mol. The first-order valence-electron chi connectivity index (χ1n) is 16.0. The van der Waals surface area contributed by atoms with Crippen molar-refractivity contribution in [3.05, 3.63) is 151 Å². The zero-order valence-electron chi connectivity index (χ0n) is 26.5. The maximum Gasteiger partial charge on any atom is 0.0697 e. The van der Waals surface area contributed by atoms with Gasteiger partial charge in [0.1, 0.15) is 0 Å². The number of benzene rings is 5. The first kappa shape index (κ1) is 30.2. The van der Waals surface area contributed by atoms with Gasteiger partial charge in [-0.2, -0.15) is 0 Å². The second kappa shape index (κ2) is 13.3. The lowest BCUT2D eigenvalue weighted by atomic mass is 9.76. The van der Waals surface area contributed by atoms with Crippen molar-refractivity contribution >= 4 is 28.4 Å². The van der Waals surface area contributed by atoms with E-state index in [0.29, 0.717) is 0 Å². The fourth-order valence-electron chi connectivity index (χ4n) is 6.52. The van der Waals surface area contributed by atoms with Crippen LogP contribution in [-0.2, 0) is 11.0 Å². The summed E-state index contributed by atoms with van der Waals surface area (Å²) in [5.41, 5.74) is 8.61. The molecule has 0 unspecified atom stereocenters. The minimum atomic E-state index is -0.200. The van der Waals surface area contributed by atoms with E-state index in [9.17, 15) is 0 Å². The Kier molecular flexibility index (Phi) is 9.36. The predicted octanol–water partition coefficient (Wildman–Crippen LogP) is 12.1. The van der Waals surface area contributed by atoms with Gasteiger partial charge in [-0.3, -0.25) is 0 Å². The first-order chi connectivity index (χ1) is 21.0. The maximum absolute atomic E-state index is 2.57. The van der Waals surface area contributed by atoms with Crippen LogP contribution in [0.2, 0.25) is 0 Å². The van der Waals surface area contributed by atoms with Crippen LogP contribution in [0, 0.1) is 0 Å². The van der Waals surface area contributed by atoms with Crippen molar-refractivity contribution in [3.63, 3.8) is 0 Å². The number of para-hydroxylation sites is 3. The highest BCUT2D eigenvalue weighted by atomic mass is 15.2. The Bertz CT molecular complexity index is 1490. The van der Waals surface area contributed by atoms with Crippen LogP contribution < -0.4 is 9.80 Å². The van der Waals surface area contributed by atoms with Crippen LogP contribution in [0.3, 0.4) is 0 Å². The third-order valence-electron chi connectivity index (χ3n) is 9.69. The second-order valence-corrected chi connectivity index (χ2v) is 11.8. The summed E-state index contributed by atoms with van der Waals surface area (Å²) in [5, 5.41) is 0. The molecular formula is C41H46N2. The average Bonchev–Trinajstić information content (AvgIpc) is 3.09. The van der Waals surface area contributed by atoms with Crippen molar-refractivity contribution in [2.75, 3.05) is 9.80 Å². The summed E-state index contributed by atoms with van der Waals surface area (Å²) in [6.07, 6.45) is 4.25. The molecule has 0 radical (unpaired) electrons. The van der Waals surface area contributed by atoms with Crippen LogP contribution in [0.4, 0.5) is 28.4 Å². The Morgan fingerprint density at radius 3 is 1.16 bits per heavy atom. The molecule has 0 bridgehead atoms. The molecule has 5 aromatic carbocycles. The minimum Gasteiger partial charge on any atom is -0.331 e. The highest BCUT2D eigenvalue weighted by molar-refractivity contribution is 5.78. The van der Waals surface area contributed by atoms with Gasteiger partial charge >= 0.3 is 0 Å². The van der Waals surface area contributed by atoms with Gasteiger partial charge in [-0.05, 0) is 103 Å². The summed E-state index contributed by atoms with van der Waals surface area (Å²) in [5.74, 6) is 0. The van der Waals surface area contributed by atoms with Gasteiger partial charge in [0.25, 0.3) is 0 Å². The van der Waals surface area contributed by atoms with Gasteiger partial charge in [-0.15, -0.1) is 0 Å². The Balaban J connectivity index is 1.61. The van der Waals surface area contributed by atoms with Crippen molar-refractivity contribution in [3.8, 4) is 0 Å². The first-order valence-corrected chi connectivity index (χ1v) is 16.0. The number of rotatable bonds is 12. The lowest BCUT2D eigenvalue weighted by Crippen LogP contribution is -2.42. The van der Waals surface area contributed by atoms with Crippen molar-refractivity contribution in [1.82, 2.24) is 0 Å². The summed E-state index contributed by atoms with van der Waals surface area (Å²) in [6, 6.07) is 50.8. The van der Waals surface area contributed by atoms with E-state index in [1.54, 1.807) is 0 Å². The topological polar surface area (TPSA) is 6.48 Å². The Morgan fingerprint density at radius 2 is 0.744 bits per heavy atom. The van der Waals surface area contributed by atoms with E-state index in [2.05, 4.69) is 184 Å². The lowest BCUT2D eigenvalue weighted by molar-refractivity contribution is 0.402. The average molecular weight is 567 g/mol. The van der Waals surface area contributed by atoms with E-state index in [-0.39, 0.29) is 11.0 Å². The monoisotopic (exact) mass is 566 g/mol. The molecule has 2 nitrogen and oxygen atoms in total. The van der Waals surface area contributed by atoms with Crippen LogP contribution in [0.1, 0.15) is 71.4 Å². The molecule has 43 heavy (non-hydrogen) atoms. The van der Waals surface area contributed by atoms with E-state index in [1.165, 1.54) is 22.5 Å². The van der Waals surface area contributed by atoms with Gasteiger partial charge in [-0.1, -0.05) is 113 Å². The molecule has 0 aliphatic rings. The Morgan fingerprint density at radius 1 is 0.395 bits per heavy atom. The van der Waals surface area contributed by atoms with Crippen LogP contribution in [0.15, 0.2) is 140 Å². The number of hydrogen-bond donors (Lipinski definition) is 0. The lowest BCUT2D eigenvalue weighted by Gasteiger charge is -2.46. The second-order valence-electron chi connectivity index (χ2n) is 11.8. The SMILES string of the molecule is CCC(C)(CC)c1ccc(C(CC)(CC)N(c2ccccc2)c2ccc(N(c3ccccc3)c3ccccc3)cc2)cc1. The summed E-state index contributed by atoms with van der Waals surface area (Å²) in [6.45, 7) is 11.7. The van der Waals surface area contributed by atoms with Crippen molar-refractivity contribution in [2.45, 2.75) is 71.3 Å². The smallest absolute Gasteiger partial charge is 0.0697 e. The van der Waals surface area contributed by atoms with Crippen LogP contribution >= 0.6 is 0 Å². The van der Waals surface area contributed by atoms with E-state index >= 15 is 0 Å². The molecule has 5 rings (SSSR count). The quantitative estimate of drug-likeness (QED) is 0.148. The largest absolute Gasteiger partial charge is 0.331 e. The molecule has 0 aliphatic heterocycles. The van der Waals surface area contributed by atoms with Crippen molar-refractivity contribution in [2.24, 2.45) is 0 Å². The minimum absolute atomic E-state index is 0.200. The summed E-state index contributed by atoms with van der Waals surface area (Å²) in [7, 11) is 0. The van der Waals surface area contributed by atoms with Crippen LogP contribution in [-0.4, -0.2) is 0 Å². The van der Waals surface area contributed by atoms with E-state index in [4.69, 9.17) is 0 Å². The molecule has 0 amide bonds. The molecule has 0 heterocycles. The van der Waals surface area contributed by atoms with Crippen molar-refractivity contribution < 1.29 is 0 Å². The van der Waals surface area contributed by atoms with Gasteiger partial charge in [-0.25, -0.2) is 0 Å². The zero-order chi connectivity index (χ0) is 30.3. The molecule has 0 spiro atoms. The van der Waals surface area contributed by atoms with E-state index < -0.39 is 0 Å². The maximum atomic E-state index is 2.57. The molecule has 2 heteroatoms. The fraction of sp³-hybridized carbons (Fsp3) is 0.268. The van der Waals surface area contributed by atoms with E-state index in [1.807, 2.05) is 0 Å². The molecule has 0 aliphatic carbocycles. The third kappa shape index (κ3) is 5.97. The molecule has 0 N–H and O–H groups in total. The van der Waals surface area contributed by atoms with Crippen LogP contribution in [0.5, 0.6) is 0 Å². The van der Waals surface area contributed by atoms with Gasteiger partial charge in [0.05, 0.1) is 5.54 Å². The zero-order valence-corrected chi connectivity index (χ0v) is 26.5. The normalized spacial score (nSPS) is 11.7. The highest BCUT2D eigenvalue weighted by Crippen LogP contribution is 2.46. The summed E-state index contributed by atoms with van der Waals surface area (Å²) in [4.78, 5) is 4.89. The van der Waals surface area contributed by atoms with Crippen LogP contribution in [0.25, 0.3) is 0 Å². The Hall–Kier alpha value is -4.30. The fourth-order valence-corrected chi connectivity index (χ4v) is 6.52. The molecule has 0 atom stereocenters. The third-order valence-corrected chi connectivity index (χ3v) is 9.69. The molecule has 0 saturated carbocycles. The summed E-state index contributed by atoms with van der Waals surface area (Å²) < 4.78 is 0. The van der Waals surface area contributed by atoms with Gasteiger partial charge in [0.2, 0.25) is 0 Å². The summed E-state index contributed by atoms with van der Waals surface area (Å²) >= 11 is 0. The van der Waals surface area contributed by atoms with Gasteiger partial charge in [0, 0.05) is 28.4 Å². The number of nitrogens with zero attached hydrogens (tertiary/aromatic N) is 2. The number of hydrogen-bond acceptors (Lipinski definition) is 2. The van der Waals surface area contributed by atoms with Crippen molar-refractivity contribution in [1.29, 1.82) is 0 Å². The van der Waals surface area contributed by atoms with Gasteiger partial charge in [0.15, 0.2) is 0 Å². The highest BCUT2D eigenvalue weighted by Gasteiger charge is 2.37. The molecule has 5 aromatic rings. The Labute approximate surface area is 259 Å². The molecule has 220 valence electrons. The van der Waals surface area contributed by atoms with Gasteiger partial charge < -0.3 is 9.80 Å². The molecule has 0 saturated heterocycles. The molecule has 0 fully saturated rings. The molecule has 0 aromatic heterocycles. The standard InChI is InChI=1S/C41H46N2/c1-6-40(5,7-2)33-25-27-34(28-26-33)41(8-3,9-4)43(38-23-17-12-18-24-38)39-31-29-37(30-32-39)42(35-19-13-10-14-20-35)36-21-15-11-16-22-36/h10-32H,6-9H2,1-5H3. The predicted molar refractivity (Wildman–Crippen MR) is 186 cm³/mol. The number of anilines is 5.